The molecular weight excluding hydrogens is 605 g/mol. The molecule has 1 aliphatic carbocycles. The Balaban J connectivity index is 1.65. The number of hydrogen-bond donors (Lipinski definition) is 1. The van der Waals surface area contributed by atoms with Crippen LogP contribution in [0.25, 0.3) is 38.6 Å². The molecule has 1 heterocycles. The van der Waals surface area contributed by atoms with Crippen LogP contribution >= 0.6 is 0 Å². The van der Waals surface area contributed by atoms with Crippen molar-refractivity contribution in [2.24, 2.45) is 0 Å². The summed E-state index contributed by atoms with van der Waals surface area (Å²) < 4.78 is 2.35. The minimum Gasteiger partial charge on any atom is -0.359 e. The van der Waals surface area contributed by atoms with Crippen molar-refractivity contribution in [3.8, 4) is 0 Å². The van der Waals surface area contributed by atoms with Crippen LogP contribution in [0.2, 0.25) is 0 Å². The van der Waals surface area contributed by atoms with Gasteiger partial charge in [-0.1, -0.05) is 153 Å². The smallest absolute Gasteiger partial charge is 0.0541 e. The van der Waals surface area contributed by atoms with Gasteiger partial charge in [0.1, 0.15) is 0 Å². The van der Waals surface area contributed by atoms with E-state index in [1.165, 1.54) is 21.9 Å². The third kappa shape index (κ3) is 8.29. The number of nitrogens with zero attached hydrogens (tertiary/aromatic N) is 1. The highest BCUT2D eigenvalue weighted by atomic mass is 15.0. The molecule has 0 spiro atoms. The number of allylic oxidation sites excluding steroid dienone is 22. The van der Waals surface area contributed by atoms with Crippen LogP contribution < -0.4 is 5.32 Å². The van der Waals surface area contributed by atoms with E-state index in [0.29, 0.717) is 0 Å². The highest BCUT2D eigenvalue weighted by Gasteiger charge is 2.14. The van der Waals surface area contributed by atoms with Gasteiger partial charge in [0.2, 0.25) is 0 Å². The summed E-state index contributed by atoms with van der Waals surface area (Å²) in [4.78, 5) is 0. The SMILES string of the molecule is C=C\C=C(/C=C(C)/C(/C=C\C)=C(/C=C)NC(=C)C)c1ccc2c(c1)c1ccccc1n2C1=C/C=C/C=C/C=C\C(c2cccc(C)c2)=C/C=C\1. The molecule has 0 unspecified atom stereocenters. The monoisotopic (exact) mass is 650 g/mol. The summed E-state index contributed by atoms with van der Waals surface area (Å²) in [7, 11) is 0. The molecule has 50 heavy (non-hydrogen) atoms. The molecule has 248 valence electrons. The minimum absolute atomic E-state index is 0.858. The van der Waals surface area contributed by atoms with Crippen LogP contribution in [0.3, 0.4) is 0 Å². The molecule has 0 aliphatic heterocycles. The Morgan fingerprint density at radius 3 is 2.32 bits per heavy atom. The molecule has 0 bridgehead atoms. The summed E-state index contributed by atoms with van der Waals surface area (Å²) in [6, 6.07) is 24.0. The molecule has 5 rings (SSSR count). The maximum atomic E-state index is 4.05. The van der Waals surface area contributed by atoms with Crippen molar-refractivity contribution >= 4 is 38.6 Å². The van der Waals surface area contributed by atoms with Gasteiger partial charge in [-0.2, -0.15) is 0 Å². The molecule has 0 saturated heterocycles. The van der Waals surface area contributed by atoms with E-state index in [1.54, 1.807) is 0 Å². The first-order chi connectivity index (χ1) is 24.3. The lowest BCUT2D eigenvalue weighted by Gasteiger charge is -2.14. The van der Waals surface area contributed by atoms with Crippen LogP contribution in [0.1, 0.15) is 37.5 Å². The molecule has 0 atom stereocenters. The first-order valence-corrected chi connectivity index (χ1v) is 17.0. The van der Waals surface area contributed by atoms with E-state index < -0.39 is 0 Å². The predicted octanol–water partition coefficient (Wildman–Crippen LogP) is 12.9. The maximum Gasteiger partial charge on any atom is 0.0541 e. The second kappa shape index (κ2) is 16.8. The lowest BCUT2D eigenvalue weighted by Crippen LogP contribution is -2.10. The van der Waals surface area contributed by atoms with Crippen molar-refractivity contribution in [1.29, 1.82) is 0 Å². The molecule has 1 N–H and O–H groups in total. The standard InChI is InChI=1S/C48H46N2/c1-8-20-39(33-37(7)43(21-9-2)46(10-3)49-35(4)5)41-30-31-48-45(34-41)44-28-16-17-29-47(44)50(48)42-26-15-13-11-12-14-23-38(24-19-27-42)40-25-18-22-36(6)32-40/h8-34,49H,1,3-4H2,2,5-7H3/b12-11+,13-11?,14-12?,15-13+,21-9-,23-14-,24-19?,26-15?,27-19-,37-33+,38-23?,38-24+,39-20+,42-26+,42-27?,46-43-. The number of aryl methyl sites for hydroxylation is 1. The highest BCUT2D eigenvalue weighted by molar-refractivity contribution is 6.11. The number of nitrogens with one attached hydrogen (secondary N) is 1. The zero-order valence-corrected chi connectivity index (χ0v) is 29.7. The third-order valence-corrected chi connectivity index (χ3v) is 8.42. The lowest BCUT2D eigenvalue weighted by atomic mass is 9.96. The fourth-order valence-corrected chi connectivity index (χ4v) is 6.19. The van der Waals surface area contributed by atoms with Crippen molar-refractivity contribution in [3.63, 3.8) is 0 Å². The topological polar surface area (TPSA) is 17.0 Å². The Labute approximate surface area is 298 Å². The van der Waals surface area contributed by atoms with Crippen molar-refractivity contribution in [1.82, 2.24) is 9.88 Å². The summed E-state index contributed by atoms with van der Waals surface area (Å²) in [5, 5.41) is 5.74. The van der Waals surface area contributed by atoms with Crippen LogP contribution in [0.5, 0.6) is 0 Å². The zero-order valence-electron chi connectivity index (χ0n) is 29.7. The zero-order chi connectivity index (χ0) is 35.5. The van der Waals surface area contributed by atoms with Crippen LogP contribution in [0, 0.1) is 6.92 Å². The Morgan fingerprint density at radius 1 is 0.780 bits per heavy atom. The minimum atomic E-state index is 0.858. The second-order valence-corrected chi connectivity index (χ2v) is 12.3. The molecular formula is C48H46N2. The Kier molecular flexibility index (Phi) is 11.8. The summed E-state index contributed by atoms with van der Waals surface area (Å²) >= 11 is 0. The second-order valence-electron chi connectivity index (χ2n) is 12.3. The average Bonchev–Trinajstić information content (AvgIpc) is 3.43. The van der Waals surface area contributed by atoms with E-state index in [9.17, 15) is 0 Å². The van der Waals surface area contributed by atoms with Gasteiger partial charge in [-0.25, -0.2) is 0 Å². The molecule has 1 aromatic heterocycles. The fraction of sp³-hybridized carbons (Fsp3) is 0.0833. The van der Waals surface area contributed by atoms with Gasteiger partial charge in [0.05, 0.1) is 11.0 Å². The molecule has 2 heteroatoms. The van der Waals surface area contributed by atoms with Gasteiger partial charge in [-0.05, 0) is 92.0 Å². The third-order valence-electron chi connectivity index (χ3n) is 8.42. The highest BCUT2D eigenvalue weighted by Crippen LogP contribution is 2.35. The van der Waals surface area contributed by atoms with Crippen molar-refractivity contribution in [2.45, 2.75) is 27.7 Å². The number of benzene rings is 3. The molecule has 0 amide bonds. The Bertz CT molecular complexity index is 2260. The molecule has 0 fully saturated rings. The molecule has 0 radical (unpaired) electrons. The van der Waals surface area contributed by atoms with Gasteiger partial charge >= 0.3 is 0 Å². The largest absolute Gasteiger partial charge is 0.359 e. The van der Waals surface area contributed by atoms with Crippen molar-refractivity contribution in [3.05, 3.63) is 223 Å². The van der Waals surface area contributed by atoms with Crippen LogP contribution in [0.4, 0.5) is 0 Å². The normalized spacial score (nSPS) is 19.3. The number of hydrogen-bond acceptors (Lipinski definition) is 1. The van der Waals surface area contributed by atoms with Gasteiger partial charge in [0, 0.05) is 33.4 Å². The first-order valence-electron chi connectivity index (χ1n) is 17.0. The van der Waals surface area contributed by atoms with Gasteiger partial charge in [0.15, 0.2) is 0 Å². The number of fused-ring (bicyclic) bond motifs is 3. The van der Waals surface area contributed by atoms with E-state index in [-0.39, 0.29) is 0 Å². The van der Waals surface area contributed by atoms with E-state index in [4.69, 9.17) is 0 Å². The Morgan fingerprint density at radius 2 is 1.56 bits per heavy atom. The quantitative estimate of drug-likeness (QED) is 0.169. The molecule has 1 aliphatic rings. The lowest BCUT2D eigenvalue weighted by molar-refractivity contribution is 0.996. The van der Waals surface area contributed by atoms with Gasteiger partial charge in [0.25, 0.3) is 0 Å². The summed E-state index contributed by atoms with van der Waals surface area (Å²) in [6.45, 7) is 20.4. The predicted molar refractivity (Wildman–Crippen MR) is 221 cm³/mol. The number of aromatic nitrogens is 1. The van der Waals surface area contributed by atoms with Gasteiger partial charge in [-0.3, -0.25) is 0 Å². The molecule has 3 aromatic carbocycles. The van der Waals surface area contributed by atoms with Crippen LogP contribution in [0.15, 0.2) is 206 Å². The molecule has 4 aromatic rings. The number of rotatable bonds is 10. The average molecular weight is 651 g/mol. The Hall–Kier alpha value is -6.12. The van der Waals surface area contributed by atoms with E-state index in [0.717, 1.165) is 56.0 Å². The van der Waals surface area contributed by atoms with Crippen molar-refractivity contribution in [2.75, 3.05) is 0 Å². The molecule has 0 saturated carbocycles. The van der Waals surface area contributed by atoms with E-state index in [1.807, 2.05) is 32.1 Å². The summed E-state index contributed by atoms with van der Waals surface area (Å²) in [6.07, 6.45) is 33.4. The summed E-state index contributed by atoms with van der Waals surface area (Å²) in [5.41, 5.74) is 13.0. The fourth-order valence-electron chi connectivity index (χ4n) is 6.19. The van der Waals surface area contributed by atoms with Crippen LogP contribution in [-0.2, 0) is 0 Å². The maximum absolute atomic E-state index is 4.05. The van der Waals surface area contributed by atoms with E-state index >= 15 is 0 Å². The summed E-state index contributed by atoms with van der Waals surface area (Å²) in [5.74, 6) is 0. The van der Waals surface area contributed by atoms with E-state index in [2.05, 4.69) is 189 Å². The van der Waals surface area contributed by atoms with Crippen molar-refractivity contribution < 1.29 is 0 Å². The van der Waals surface area contributed by atoms with Gasteiger partial charge < -0.3 is 9.88 Å². The molecule has 2 nitrogen and oxygen atoms in total. The first kappa shape index (κ1) is 35.2. The number of para-hydroxylation sites is 1. The van der Waals surface area contributed by atoms with Gasteiger partial charge in [-0.15, -0.1) is 0 Å². The van der Waals surface area contributed by atoms with Crippen LogP contribution in [-0.4, -0.2) is 4.57 Å².